The van der Waals surface area contributed by atoms with E-state index in [1.807, 2.05) is 4.52 Å². The number of rotatable bonds is 5. The highest BCUT2D eigenvalue weighted by molar-refractivity contribution is 5.47. The number of nitrogens with zero attached hydrogens (tertiary/aromatic N) is 7. The van der Waals surface area contributed by atoms with Crippen LogP contribution in [0.1, 0.15) is 50.5 Å². The Balaban J connectivity index is 1.51. The SMILES string of the molecule is CCCN1CCN(Cc2nc3nc(C)cc(N4CCCCCC4)n3n2)CC1. The van der Waals surface area contributed by atoms with Crippen LogP contribution >= 0.6 is 0 Å². The van der Waals surface area contributed by atoms with Crippen LogP contribution in [-0.2, 0) is 6.54 Å². The van der Waals surface area contributed by atoms with Crippen LogP contribution in [0.15, 0.2) is 6.07 Å². The number of hydrogen-bond acceptors (Lipinski definition) is 6. The Kier molecular flexibility index (Phi) is 5.88. The molecule has 7 heteroatoms. The second-order valence-electron chi connectivity index (χ2n) is 8.01. The second kappa shape index (κ2) is 8.52. The Hall–Kier alpha value is -1.73. The molecule has 0 atom stereocenters. The van der Waals surface area contributed by atoms with E-state index in [9.17, 15) is 0 Å². The molecule has 0 N–H and O–H groups in total. The molecule has 2 aliphatic heterocycles. The smallest absolute Gasteiger partial charge is 0.254 e. The minimum Gasteiger partial charge on any atom is -0.356 e. The van der Waals surface area contributed by atoms with Crippen molar-refractivity contribution in [1.29, 1.82) is 0 Å². The number of piperazine rings is 1. The van der Waals surface area contributed by atoms with Crippen molar-refractivity contribution in [2.24, 2.45) is 0 Å². The third-order valence-electron chi connectivity index (χ3n) is 5.77. The third-order valence-corrected chi connectivity index (χ3v) is 5.77. The molecule has 0 bridgehead atoms. The van der Waals surface area contributed by atoms with Crippen LogP contribution in [0, 0.1) is 6.92 Å². The number of aromatic nitrogens is 4. The van der Waals surface area contributed by atoms with E-state index in [-0.39, 0.29) is 0 Å². The summed E-state index contributed by atoms with van der Waals surface area (Å²) in [5.41, 5.74) is 1.02. The number of fused-ring (bicyclic) bond motifs is 1. The molecule has 0 spiro atoms. The molecular weight excluding hydrogens is 338 g/mol. The van der Waals surface area contributed by atoms with Gasteiger partial charge in [-0.2, -0.15) is 9.50 Å². The molecule has 0 saturated carbocycles. The van der Waals surface area contributed by atoms with Crippen molar-refractivity contribution in [3.63, 3.8) is 0 Å². The molecular formula is C20H33N7. The summed E-state index contributed by atoms with van der Waals surface area (Å²) < 4.78 is 1.97. The van der Waals surface area contributed by atoms with Crippen LogP contribution < -0.4 is 4.90 Å². The molecule has 0 unspecified atom stereocenters. The molecule has 0 aliphatic carbocycles. The number of aryl methyl sites for hydroxylation is 1. The fourth-order valence-electron chi connectivity index (χ4n) is 4.29. The zero-order chi connectivity index (χ0) is 18.6. The molecule has 2 aromatic heterocycles. The highest BCUT2D eigenvalue weighted by Gasteiger charge is 2.20. The molecule has 0 radical (unpaired) electrons. The van der Waals surface area contributed by atoms with Gasteiger partial charge in [-0.15, -0.1) is 5.10 Å². The predicted molar refractivity (Wildman–Crippen MR) is 108 cm³/mol. The van der Waals surface area contributed by atoms with E-state index in [1.54, 1.807) is 0 Å². The molecule has 4 rings (SSSR count). The van der Waals surface area contributed by atoms with Gasteiger partial charge in [0.25, 0.3) is 5.78 Å². The van der Waals surface area contributed by atoms with Crippen molar-refractivity contribution in [3.05, 3.63) is 17.6 Å². The van der Waals surface area contributed by atoms with Gasteiger partial charge in [0.2, 0.25) is 0 Å². The first kappa shape index (κ1) is 18.6. The minimum absolute atomic E-state index is 0.744. The summed E-state index contributed by atoms with van der Waals surface area (Å²) in [4.78, 5) is 16.9. The van der Waals surface area contributed by atoms with Crippen molar-refractivity contribution >= 4 is 11.6 Å². The molecule has 2 aliphatic rings. The van der Waals surface area contributed by atoms with Crippen LogP contribution in [0.3, 0.4) is 0 Å². The summed E-state index contributed by atoms with van der Waals surface area (Å²) >= 11 is 0. The van der Waals surface area contributed by atoms with Crippen molar-refractivity contribution in [1.82, 2.24) is 29.4 Å². The molecule has 2 aromatic rings. The van der Waals surface area contributed by atoms with Crippen LogP contribution in [0.25, 0.3) is 5.78 Å². The van der Waals surface area contributed by atoms with Gasteiger partial charge in [-0.05, 0) is 32.7 Å². The normalized spacial score (nSPS) is 20.3. The summed E-state index contributed by atoms with van der Waals surface area (Å²) in [6.07, 6.45) is 6.41. The van der Waals surface area contributed by atoms with E-state index in [0.29, 0.717) is 0 Å². The lowest BCUT2D eigenvalue weighted by Gasteiger charge is -2.33. The second-order valence-corrected chi connectivity index (χ2v) is 8.01. The highest BCUT2D eigenvalue weighted by Crippen LogP contribution is 2.21. The summed E-state index contributed by atoms with van der Waals surface area (Å²) in [6.45, 7) is 13.1. The fraction of sp³-hybridized carbons (Fsp3) is 0.750. The minimum atomic E-state index is 0.744. The van der Waals surface area contributed by atoms with E-state index in [0.717, 1.165) is 68.9 Å². The molecule has 2 saturated heterocycles. The van der Waals surface area contributed by atoms with Gasteiger partial charge in [0.1, 0.15) is 5.82 Å². The van der Waals surface area contributed by atoms with Crippen molar-refractivity contribution in [2.75, 3.05) is 50.7 Å². The lowest BCUT2D eigenvalue weighted by Crippen LogP contribution is -2.46. The maximum absolute atomic E-state index is 4.86. The Morgan fingerprint density at radius 3 is 2.30 bits per heavy atom. The molecule has 148 valence electrons. The van der Waals surface area contributed by atoms with Crippen molar-refractivity contribution in [3.8, 4) is 0 Å². The summed E-state index contributed by atoms with van der Waals surface area (Å²) in [6, 6.07) is 2.17. The van der Waals surface area contributed by atoms with E-state index < -0.39 is 0 Å². The van der Waals surface area contributed by atoms with Crippen LogP contribution in [-0.4, -0.2) is 75.2 Å². The fourth-order valence-corrected chi connectivity index (χ4v) is 4.29. The van der Waals surface area contributed by atoms with Crippen molar-refractivity contribution < 1.29 is 0 Å². The Labute approximate surface area is 162 Å². The zero-order valence-corrected chi connectivity index (χ0v) is 16.9. The monoisotopic (exact) mass is 371 g/mol. The van der Waals surface area contributed by atoms with Crippen molar-refractivity contribution in [2.45, 2.75) is 52.5 Å². The van der Waals surface area contributed by atoms with Gasteiger partial charge >= 0.3 is 0 Å². The van der Waals surface area contributed by atoms with Gasteiger partial charge in [-0.3, -0.25) is 4.90 Å². The van der Waals surface area contributed by atoms with E-state index in [4.69, 9.17) is 10.1 Å². The number of hydrogen-bond donors (Lipinski definition) is 0. The van der Waals surface area contributed by atoms with Gasteiger partial charge in [-0.25, -0.2) is 4.98 Å². The average molecular weight is 372 g/mol. The first-order valence-corrected chi connectivity index (χ1v) is 10.7. The van der Waals surface area contributed by atoms with E-state index in [1.165, 1.54) is 38.6 Å². The standard InChI is InChI=1S/C20H33N7/c1-3-8-24-11-13-25(14-12-24)16-18-22-20-21-17(2)15-19(27(20)23-18)26-9-6-4-5-7-10-26/h15H,3-14,16H2,1-2H3. The molecule has 0 aromatic carbocycles. The first-order chi connectivity index (χ1) is 13.2. The Morgan fingerprint density at radius 1 is 0.889 bits per heavy atom. The lowest BCUT2D eigenvalue weighted by molar-refractivity contribution is 0.125. The lowest BCUT2D eigenvalue weighted by atomic mass is 10.2. The van der Waals surface area contributed by atoms with E-state index in [2.05, 4.69) is 39.6 Å². The van der Waals surface area contributed by atoms with Crippen LogP contribution in [0.4, 0.5) is 5.82 Å². The average Bonchev–Trinajstić information content (AvgIpc) is 2.88. The molecule has 2 fully saturated rings. The third kappa shape index (κ3) is 4.41. The van der Waals surface area contributed by atoms with Gasteiger partial charge in [0.15, 0.2) is 5.82 Å². The summed E-state index contributed by atoms with van der Waals surface area (Å²) in [5.74, 6) is 2.80. The number of anilines is 1. The Morgan fingerprint density at radius 2 is 1.59 bits per heavy atom. The van der Waals surface area contributed by atoms with Gasteiger partial charge in [0, 0.05) is 51.0 Å². The van der Waals surface area contributed by atoms with Gasteiger partial charge < -0.3 is 9.80 Å². The van der Waals surface area contributed by atoms with Gasteiger partial charge in [0.05, 0.1) is 6.54 Å². The maximum atomic E-state index is 4.86. The topological polar surface area (TPSA) is 52.8 Å². The molecule has 0 amide bonds. The van der Waals surface area contributed by atoms with Crippen LogP contribution in [0.5, 0.6) is 0 Å². The largest absolute Gasteiger partial charge is 0.356 e. The summed E-state index contributed by atoms with van der Waals surface area (Å²) in [7, 11) is 0. The summed E-state index contributed by atoms with van der Waals surface area (Å²) in [5, 5.41) is 4.86. The molecule has 27 heavy (non-hydrogen) atoms. The first-order valence-electron chi connectivity index (χ1n) is 10.7. The predicted octanol–water partition coefficient (Wildman–Crippen LogP) is 2.34. The molecule has 7 nitrogen and oxygen atoms in total. The van der Waals surface area contributed by atoms with Crippen LogP contribution in [0.2, 0.25) is 0 Å². The maximum Gasteiger partial charge on any atom is 0.254 e. The van der Waals surface area contributed by atoms with E-state index >= 15 is 0 Å². The molecule has 4 heterocycles. The quantitative estimate of drug-likeness (QED) is 0.804. The Bertz CT molecular complexity index is 740. The highest BCUT2D eigenvalue weighted by atomic mass is 15.4. The van der Waals surface area contributed by atoms with Gasteiger partial charge in [-0.1, -0.05) is 19.8 Å². The zero-order valence-electron chi connectivity index (χ0n) is 16.9.